The molecule has 0 saturated carbocycles. The quantitative estimate of drug-likeness (QED) is 0.146. The van der Waals surface area contributed by atoms with Crippen molar-refractivity contribution in [3.63, 3.8) is 0 Å². The van der Waals surface area contributed by atoms with Gasteiger partial charge in [-0.2, -0.15) is 0 Å². The number of fused-ring (bicyclic) bond motifs is 2. The standard InChI is InChI=1S/C52H45N3O6Si/c1-31-48(62(3,4)38-23-21-37(60-2)22-24-38)45(26-27-56)61-52(31)41-29-36(55-44-19-9-14-34-12-7-17-40(47(34)44)50(55)58)20-25-42(41)53(51(52)59)30-32-10-5-15-35(28-32)54-43-18-8-13-33-11-6-16-39(46(33)43)49(54)57/h5-25,28-29,31,45,48,56H,26-27,30H2,1-4H3/t31-,45+,48-,52+/m1/s1. The Bertz CT molecular complexity index is 3030. The predicted molar refractivity (Wildman–Crippen MR) is 246 cm³/mol. The molecule has 3 amide bonds. The molecule has 0 bridgehead atoms. The molecule has 4 aliphatic heterocycles. The second-order valence-electron chi connectivity index (χ2n) is 17.6. The van der Waals surface area contributed by atoms with E-state index in [2.05, 4.69) is 32.2 Å². The summed E-state index contributed by atoms with van der Waals surface area (Å²) >= 11 is 0. The van der Waals surface area contributed by atoms with E-state index < -0.39 is 19.8 Å². The summed E-state index contributed by atoms with van der Waals surface area (Å²) in [5, 5.41) is 15.6. The molecule has 9 nitrogen and oxygen atoms in total. The lowest BCUT2D eigenvalue weighted by atomic mass is 9.82. The number of ether oxygens (including phenoxy) is 2. The minimum absolute atomic E-state index is 0.0660. The van der Waals surface area contributed by atoms with Crippen LogP contribution in [0, 0.1) is 5.92 Å². The molecule has 0 aliphatic carbocycles. The molecule has 10 heteroatoms. The molecular formula is C52H45N3O6Si. The van der Waals surface area contributed by atoms with Gasteiger partial charge >= 0.3 is 0 Å². The summed E-state index contributed by atoms with van der Waals surface area (Å²) in [4.78, 5) is 49.3. The number of methoxy groups -OCH3 is 1. The summed E-state index contributed by atoms with van der Waals surface area (Å²) in [5.41, 5.74) is 5.10. The number of nitrogens with zero attached hydrogens (tertiary/aromatic N) is 3. The predicted octanol–water partition coefficient (Wildman–Crippen LogP) is 9.73. The fourth-order valence-corrected chi connectivity index (χ4v) is 15.4. The summed E-state index contributed by atoms with van der Waals surface area (Å²) < 4.78 is 12.8. The second kappa shape index (κ2) is 14.0. The van der Waals surface area contributed by atoms with Crippen LogP contribution < -0.4 is 24.6 Å². The van der Waals surface area contributed by atoms with Crippen LogP contribution in [0.25, 0.3) is 21.5 Å². The number of anilines is 5. The Hall–Kier alpha value is -6.59. The molecule has 1 saturated heterocycles. The zero-order valence-electron chi connectivity index (χ0n) is 35.0. The van der Waals surface area contributed by atoms with Gasteiger partial charge in [-0.1, -0.05) is 98.0 Å². The summed E-state index contributed by atoms with van der Waals surface area (Å²) in [6.07, 6.45) is -0.0475. The first-order chi connectivity index (χ1) is 30.1. The van der Waals surface area contributed by atoms with Crippen LogP contribution >= 0.6 is 0 Å². The molecule has 4 heterocycles. The number of rotatable bonds is 9. The lowest BCUT2D eigenvalue weighted by Gasteiger charge is -2.37. The smallest absolute Gasteiger partial charge is 0.264 e. The van der Waals surface area contributed by atoms with Crippen molar-refractivity contribution < 1.29 is 29.0 Å². The molecule has 0 unspecified atom stereocenters. The van der Waals surface area contributed by atoms with Crippen molar-refractivity contribution in [3.8, 4) is 5.75 Å². The van der Waals surface area contributed by atoms with Crippen LogP contribution in [0.1, 0.15) is 45.2 Å². The number of aliphatic hydroxyl groups excluding tert-OH is 1. The molecule has 0 radical (unpaired) electrons. The minimum Gasteiger partial charge on any atom is -0.497 e. The van der Waals surface area contributed by atoms with Crippen molar-refractivity contribution in [1.82, 2.24) is 0 Å². The van der Waals surface area contributed by atoms with E-state index in [0.717, 1.165) is 49.9 Å². The third-order valence-corrected chi connectivity index (χ3v) is 18.5. The van der Waals surface area contributed by atoms with Crippen LogP contribution in [0.2, 0.25) is 18.6 Å². The van der Waals surface area contributed by atoms with Crippen LogP contribution in [0.3, 0.4) is 0 Å². The minimum atomic E-state index is -2.45. The maximum absolute atomic E-state index is 15.7. The van der Waals surface area contributed by atoms with Gasteiger partial charge in [0.05, 0.1) is 56.0 Å². The van der Waals surface area contributed by atoms with Crippen molar-refractivity contribution in [2.24, 2.45) is 5.92 Å². The molecule has 4 aliphatic rings. The Labute approximate surface area is 360 Å². The first-order valence-electron chi connectivity index (χ1n) is 21.3. The largest absolute Gasteiger partial charge is 0.497 e. The van der Waals surface area contributed by atoms with Crippen molar-refractivity contribution in [2.75, 3.05) is 28.4 Å². The average molecular weight is 836 g/mol. The molecule has 11 rings (SSSR count). The number of amides is 3. The van der Waals surface area contributed by atoms with Crippen molar-refractivity contribution in [1.29, 1.82) is 0 Å². The molecular weight excluding hydrogens is 791 g/mol. The van der Waals surface area contributed by atoms with E-state index in [4.69, 9.17) is 9.47 Å². The number of hydrogen-bond acceptors (Lipinski definition) is 6. The van der Waals surface area contributed by atoms with Gasteiger partial charge in [0.1, 0.15) is 5.75 Å². The van der Waals surface area contributed by atoms with Gasteiger partial charge in [-0.15, -0.1) is 0 Å². The Kier molecular flexibility index (Phi) is 8.64. The molecule has 1 fully saturated rings. The summed E-state index contributed by atoms with van der Waals surface area (Å²) in [7, 11) is -0.794. The summed E-state index contributed by atoms with van der Waals surface area (Å²) in [6.45, 7) is 6.90. The molecule has 4 atom stereocenters. The van der Waals surface area contributed by atoms with Crippen LogP contribution in [-0.4, -0.2) is 50.7 Å². The van der Waals surface area contributed by atoms with E-state index in [1.807, 2.05) is 132 Å². The van der Waals surface area contributed by atoms with Gasteiger partial charge in [0.2, 0.25) is 0 Å². The number of carbonyl (C=O) groups is 3. The molecule has 1 spiro atoms. The lowest BCUT2D eigenvalue weighted by molar-refractivity contribution is -0.146. The average Bonchev–Trinajstić information content (AvgIpc) is 3.94. The highest BCUT2D eigenvalue weighted by atomic mass is 28.3. The van der Waals surface area contributed by atoms with E-state index in [1.54, 1.807) is 16.9 Å². The highest BCUT2D eigenvalue weighted by Crippen LogP contribution is 2.61. The van der Waals surface area contributed by atoms with Crippen LogP contribution in [0.4, 0.5) is 28.4 Å². The number of hydrogen-bond donors (Lipinski definition) is 1. The SMILES string of the molecule is COc1ccc([Si](C)(C)[C@H]2[C@H](CCO)O[C@@]3(C(=O)N(Cc4cccc(N5C(=O)c6cccc7cccc5c67)c4)c4ccc(N5C(=O)c6cccc7cccc5c67)cc43)[C@@H]2C)cc1. The van der Waals surface area contributed by atoms with Gasteiger partial charge in [-0.05, 0) is 95.0 Å². The number of benzene rings is 7. The topological polar surface area (TPSA) is 99.6 Å². The van der Waals surface area contributed by atoms with Gasteiger partial charge in [-0.3, -0.25) is 24.2 Å². The maximum Gasteiger partial charge on any atom is 0.264 e. The lowest BCUT2D eigenvalue weighted by Crippen LogP contribution is -2.51. The zero-order chi connectivity index (χ0) is 42.7. The Morgan fingerprint density at radius 1 is 0.694 bits per heavy atom. The summed E-state index contributed by atoms with van der Waals surface area (Å²) in [6, 6.07) is 45.5. The van der Waals surface area contributed by atoms with E-state index >= 15 is 4.79 Å². The van der Waals surface area contributed by atoms with Crippen LogP contribution in [0.15, 0.2) is 140 Å². The van der Waals surface area contributed by atoms with E-state index in [9.17, 15) is 14.7 Å². The molecule has 1 N–H and O–H groups in total. The van der Waals surface area contributed by atoms with Crippen molar-refractivity contribution in [2.45, 2.75) is 50.2 Å². The normalized spacial score (nSPS) is 21.3. The number of aliphatic hydroxyl groups is 1. The molecule has 0 aromatic heterocycles. The monoisotopic (exact) mass is 835 g/mol. The van der Waals surface area contributed by atoms with Gasteiger partial charge in [0.25, 0.3) is 17.7 Å². The third kappa shape index (κ3) is 5.30. The van der Waals surface area contributed by atoms with Gasteiger partial charge in [0, 0.05) is 40.2 Å². The van der Waals surface area contributed by atoms with Crippen LogP contribution in [0.5, 0.6) is 5.75 Å². The summed E-state index contributed by atoms with van der Waals surface area (Å²) in [5.74, 6) is 0.0734. The highest BCUT2D eigenvalue weighted by molar-refractivity contribution is 6.91. The Morgan fingerprint density at radius 3 is 1.87 bits per heavy atom. The Morgan fingerprint density at radius 2 is 1.27 bits per heavy atom. The zero-order valence-corrected chi connectivity index (χ0v) is 36.0. The molecule has 308 valence electrons. The van der Waals surface area contributed by atoms with Crippen molar-refractivity contribution >= 4 is 81.0 Å². The fraction of sp³-hybridized carbons (Fsp3) is 0.212. The van der Waals surface area contributed by atoms with Crippen LogP contribution in [-0.2, 0) is 21.7 Å². The highest BCUT2D eigenvalue weighted by Gasteiger charge is 2.66. The maximum atomic E-state index is 15.7. The third-order valence-electron chi connectivity index (χ3n) is 14.1. The van der Waals surface area contributed by atoms with E-state index in [1.165, 1.54) is 5.19 Å². The molecule has 62 heavy (non-hydrogen) atoms. The second-order valence-corrected chi connectivity index (χ2v) is 22.3. The van der Waals surface area contributed by atoms with Crippen molar-refractivity contribution in [3.05, 3.63) is 162 Å². The van der Waals surface area contributed by atoms with E-state index in [0.29, 0.717) is 34.5 Å². The van der Waals surface area contributed by atoms with E-state index in [-0.39, 0.29) is 42.3 Å². The molecule has 7 aromatic rings. The van der Waals surface area contributed by atoms with Gasteiger partial charge < -0.3 is 19.5 Å². The molecule has 7 aromatic carbocycles. The van der Waals surface area contributed by atoms with Gasteiger partial charge in [-0.25, -0.2) is 0 Å². The number of carbonyl (C=O) groups excluding carboxylic acids is 3. The fourth-order valence-electron chi connectivity index (χ4n) is 11.3. The first kappa shape index (κ1) is 38.3. The van der Waals surface area contributed by atoms with Gasteiger partial charge in [0.15, 0.2) is 5.60 Å². The Balaban J connectivity index is 1.03. The first-order valence-corrected chi connectivity index (χ1v) is 24.4.